The summed E-state index contributed by atoms with van der Waals surface area (Å²) in [6.07, 6.45) is 0. The van der Waals surface area contributed by atoms with Gasteiger partial charge in [0.1, 0.15) is 11.4 Å². The zero-order chi connectivity index (χ0) is 23.7. The van der Waals surface area contributed by atoms with Crippen LogP contribution in [0.1, 0.15) is 41.5 Å². The van der Waals surface area contributed by atoms with Crippen molar-refractivity contribution in [3.8, 4) is 0 Å². The number of carbonyl (C=O) groups excluding carboxylic acids is 2. The lowest BCUT2D eigenvalue weighted by Gasteiger charge is -2.24. The third-order valence-corrected chi connectivity index (χ3v) is 5.07. The Kier molecular flexibility index (Phi) is 9.19. The lowest BCUT2D eigenvalue weighted by molar-refractivity contribution is -0.115. The second kappa shape index (κ2) is 11.8. The van der Waals surface area contributed by atoms with E-state index in [2.05, 4.69) is 58.4 Å². The van der Waals surface area contributed by atoms with E-state index in [4.69, 9.17) is 0 Å². The highest BCUT2D eigenvalue weighted by atomic mass is 16.2. The van der Waals surface area contributed by atoms with Gasteiger partial charge in [0.05, 0.1) is 11.4 Å². The first-order valence-electron chi connectivity index (χ1n) is 11.1. The van der Waals surface area contributed by atoms with Crippen molar-refractivity contribution in [1.29, 1.82) is 0 Å². The molecule has 0 saturated heterocycles. The molecule has 2 rings (SSSR count). The molecule has 0 fully saturated rings. The van der Waals surface area contributed by atoms with Gasteiger partial charge < -0.3 is 20.4 Å². The van der Waals surface area contributed by atoms with Gasteiger partial charge in [-0.25, -0.2) is 0 Å². The SMILES string of the molecule is CCN(CC)c1cc(NC(C)=O)ccc1N=Nc1ccc(NC(C)=O)cc1N(CC)CC. The van der Waals surface area contributed by atoms with E-state index in [-0.39, 0.29) is 11.8 Å². The first-order chi connectivity index (χ1) is 15.3. The van der Waals surface area contributed by atoms with Crippen molar-refractivity contribution in [2.24, 2.45) is 10.2 Å². The summed E-state index contributed by atoms with van der Waals surface area (Å²) in [5.41, 5.74) is 4.70. The fraction of sp³-hybridized carbons (Fsp3) is 0.417. The van der Waals surface area contributed by atoms with Gasteiger partial charge in [-0.05, 0) is 64.1 Å². The van der Waals surface area contributed by atoms with Gasteiger partial charge in [0.15, 0.2) is 0 Å². The second-order valence-electron chi connectivity index (χ2n) is 7.31. The Bertz CT molecular complexity index is 887. The van der Waals surface area contributed by atoms with Crippen LogP contribution in [0.5, 0.6) is 0 Å². The molecule has 0 atom stereocenters. The maximum Gasteiger partial charge on any atom is 0.221 e. The molecule has 2 aromatic carbocycles. The summed E-state index contributed by atoms with van der Waals surface area (Å²) >= 11 is 0. The van der Waals surface area contributed by atoms with Gasteiger partial charge in [0.25, 0.3) is 0 Å². The van der Waals surface area contributed by atoms with E-state index >= 15 is 0 Å². The normalized spacial score (nSPS) is 10.8. The molecular weight excluding hydrogens is 404 g/mol. The number of nitrogens with one attached hydrogen (secondary N) is 2. The Morgan fingerprint density at radius 3 is 1.31 bits per heavy atom. The van der Waals surface area contributed by atoms with Crippen LogP contribution in [0.2, 0.25) is 0 Å². The first kappa shape index (κ1) is 24.8. The number of amides is 2. The van der Waals surface area contributed by atoms with Gasteiger partial charge in [0.2, 0.25) is 11.8 Å². The third-order valence-electron chi connectivity index (χ3n) is 5.07. The molecule has 0 heterocycles. The maximum absolute atomic E-state index is 11.5. The summed E-state index contributed by atoms with van der Waals surface area (Å²) in [6.45, 7) is 14.5. The molecule has 0 saturated carbocycles. The molecule has 0 unspecified atom stereocenters. The Balaban J connectivity index is 2.50. The highest BCUT2D eigenvalue weighted by Crippen LogP contribution is 2.36. The number of hydrogen-bond donors (Lipinski definition) is 2. The quantitative estimate of drug-likeness (QED) is 0.465. The molecule has 0 bridgehead atoms. The highest BCUT2D eigenvalue weighted by Gasteiger charge is 2.13. The van der Waals surface area contributed by atoms with Crippen LogP contribution in [0.4, 0.5) is 34.1 Å². The number of carbonyl (C=O) groups is 2. The van der Waals surface area contributed by atoms with E-state index in [0.29, 0.717) is 0 Å². The zero-order valence-corrected chi connectivity index (χ0v) is 19.9. The largest absolute Gasteiger partial charge is 0.370 e. The van der Waals surface area contributed by atoms with E-state index < -0.39 is 0 Å². The Morgan fingerprint density at radius 2 is 1.03 bits per heavy atom. The molecule has 8 nitrogen and oxygen atoms in total. The van der Waals surface area contributed by atoms with Crippen molar-refractivity contribution in [1.82, 2.24) is 0 Å². The number of benzene rings is 2. The molecule has 2 N–H and O–H groups in total. The van der Waals surface area contributed by atoms with Crippen LogP contribution >= 0.6 is 0 Å². The Labute approximate surface area is 190 Å². The van der Waals surface area contributed by atoms with Crippen molar-refractivity contribution < 1.29 is 9.59 Å². The third kappa shape index (κ3) is 6.54. The molecule has 172 valence electrons. The van der Waals surface area contributed by atoms with E-state index in [1.165, 1.54) is 13.8 Å². The summed E-state index contributed by atoms with van der Waals surface area (Å²) in [5, 5.41) is 14.8. The molecule has 8 heteroatoms. The summed E-state index contributed by atoms with van der Waals surface area (Å²) in [5.74, 6) is -0.235. The highest BCUT2D eigenvalue weighted by molar-refractivity contribution is 5.91. The van der Waals surface area contributed by atoms with Crippen molar-refractivity contribution in [3.63, 3.8) is 0 Å². The molecule has 0 aromatic heterocycles. The van der Waals surface area contributed by atoms with Crippen LogP contribution in [0, 0.1) is 0 Å². The average Bonchev–Trinajstić information content (AvgIpc) is 2.75. The average molecular weight is 439 g/mol. The maximum atomic E-state index is 11.5. The van der Waals surface area contributed by atoms with Gasteiger partial charge in [-0.1, -0.05) is 0 Å². The molecule has 2 amide bonds. The number of rotatable bonds is 10. The summed E-state index contributed by atoms with van der Waals surface area (Å²) < 4.78 is 0. The van der Waals surface area contributed by atoms with Gasteiger partial charge in [-0.2, -0.15) is 0 Å². The summed E-state index contributed by atoms with van der Waals surface area (Å²) in [6, 6.07) is 11.2. The van der Waals surface area contributed by atoms with Crippen molar-refractivity contribution in [3.05, 3.63) is 36.4 Å². The number of anilines is 4. The molecular formula is C24H34N6O2. The molecule has 32 heavy (non-hydrogen) atoms. The molecule has 2 aromatic rings. The Morgan fingerprint density at radius 1 is 0.688 bits per heavy atom. The minimum Gasteiger partial charge on any atom is -0.370 e. The van der Waals surface area contributed by atoms with Gasteiger partial charge in [0, 0.05) is 51.4 Å². The van der Waals surface area contributed by atoms with Crippen LogP contribution < -0.4 is 20.4 Å². The Hall–Kier alpha value is -3.42. The smallest absolute Gasteiger partial charge is 0.221 e. The molecule has 0 spiro atoms. The number of hydrogen-bond acceptors (Lipinski definition) is 6. The fourth-order valence-electron chi connectivity index (χ4n) is 3.52. The van der Waals surface area contributed by atoms with Crippen LogP contribution in [-0.4, -0.2) is 38.0 Å². The van der Waals surface area contributed by atoms with E-state index in [1.807, 2.05) is 36.4 Å². The standard InChI is InChI=1S/C24H34N6O2/c1-7-29(8-2)23-15-19(25-17(5)31)11-13-21(23)27-28-22-14-12-20(26-18(6)32)16-24(22)30(9-3)10-4/h11-16H,7-10H2,1-6H3,(H,25,31)(H,26,32). The van der Waals surface area contributed by atoms with Gasteiger partial charge in [-0.15, -0.1) is 10.2 Å². The molecule has 0 aliphatic carbocycles. The molecule has 0 aliphatic heterocycles. The molecule has 0 radical (unpaired) electrons. The minimum atomic E-state index is -0.118. The predicted octanol–water partition coefficient (Wildman–Crippen LogP) is 5.71. The number of azo groups is 1. The summed E-state index contributed by atoms with van der Waals surface area (Å²) in [7, 11) is 0. The van der Waals surface area contributed by atoms with Gasteiger partial charge in [-0.3, -0.25) is 9.59 Å². The van der Waals surface area contributed by atoms with Crippen LogP contribution in [-0.2, 0) is 9.59 Å². The minimum absolute atomic E-state index is 0.118. The van der Waals surface area contributed by atoms with Crippen LogP contribution in [0.25, 0.3) is 0 Å². The van der Waals surface area contributed by atoms with Crippen LogP contribution in [0.3, 0.4) is 0 Å². The van der Waals surface area contributed by atoms with Crippen LogP contribution in [0.15, 0.2) is 46.6 Å². The number of nitrogens with zero attached hydrogens (tertiary/aromatic N) is 4. The van der Waals surface area contributed by atoms with Gasteiger partial charge >= 0.3 is 0 Å². The van der Waals surface area contributed by atoms with E-state index in [1.54, 1.807) is 0 Å². The van der Waals surface area contributed by atoms with E-state index in [9.17, 15) is 9.59 Å². The predicted molar refractivity (Wildman–Crippen MR) is 133 cm³/mol. The lowest BCUT2D eigenvalue weighted by Crippen LogP contribution is -2.22. The van der Waals surface area contributed by atoms with Crippen molar-refractivity contribution >= 4 is 45.9 Å². The molecule has 0 aliphatic rings. The topological polar surface area (TPSA) is 89.4 Å². The summed E-state index contributed by atoms with van der Waals surface area (Å²) in [4.78, 5) is 27.3. The van der Waals surface area contributed by atoms with Crippen molar-refractivity contribution in [2.45, 2.75) is 41.5 Å². The first-order valence-corrected chi connectivity index (χ1v) is 11.1. The van der Waals surface area contributed by atoms with E-state index in [0.717, 1.165) is 60.3 Å². The second-order valence-corrected chi connectivity index (χ2v) is 7.31. The van der Waals surface area contributed by atoms with Crippen molar-refractivity contribution in [2.75, 3.05) is 46.6 Å². The fourth-order valence-corrected chi connectivity index (χ4v) is 3.52. The zero-order valence-electron chi connectivity index (χ0n) is 19.9. The monoisotopic (exact) mass is 438 g/mol. The lowest BCUT2D eigenvalue weighted by atomic mass is 10.2.